The molecule has 1 N–H and O–H groups in total. The first kappa shape index (κ1) is 19.4. The van der Waals surface area contributed by atoms with Crippen molar-refractivity contribution in [1.29, 1.82) is 0 Å². The van der Waals surface area contributed by atoms with Gasteiger partial charge >= 0.3 is 6.09 Å². The summed E-state index contributed by atoms with van der Waals surface area (Å²) >= 11 is 0. The number of phenols is 1. The van der Waals surface area contributed by atoms with Crippen LogP contribution in [0.15, 0.2) is 54.6 Å². The molecule has 0 radical (unpaired) electrons. The highest BCUT2D eigenvalue weighted by Gasteiger charge is 2.63. The molecule has 1 aliphatic carbocycles. The molecule has 5 heteroatoms. The van der Waals surface area contributed by atoms with E-state index in [0.717, 1.165) is 43.0 Å². The molecule has 1 unspecified atom stereocenters. The third kappa shape index (κ3) is 3.25. The first-order valence-corrected chi connectivity index (χ1v) is 11.1. The molecule has 1 atom stereocenters. The standard InChI is InChI=1S/C25H30N2O3/c1-24(21-5-3-2-4-6-21)25(13-15-26(16-14-25)17-19-7-8-19)30-23(29)27(24)18-20-9-11-22(28)12-10-20/h2-6,9-12,19,28H,7-8,13-18H2,1H3. The first-order chi connectivity index (χ1) is 14.5. The van der Waals surface area contributed by atoms with E-state index in [9.17, 15) is 9.90 Å². The summed E-state index contributed by atoms with van der Waals surface area (Å²) in [4.78, 5) is 17.7. The van der Waals surface area contributed by atoms with Gasteiger partial charge in [0.05, 0.1) is 6.54 Å². The predicted octanol–water partition coefficient (Wildman–Crippen LogP) is 4.50. The van der Waals surface area contributed by atoms with E-state index in [0.29, 0.717) is 6.54 Å². The summed E-state index contributed by atoms with van der Waals surface area (Å²) in [6.07, 6.45) is 4.17. The summed E-state index contributed by atoms with van der Waals surface area (Å²) in [6.45, 7) is 5.75. The van der Waals surface area contributed by atoms with Gasteiger partial charge in [-0.1, -0.05) is 42.5 Å². The van der Waals surface area contributed by atoms with Gasteiger partial charge in [0.1, 0.15) is 16.9 Å². The number of benzene rings is 2. The van der Waals surface area contributed by atoms with E-state index in [1.165, 1.54) is 19.4 Å². The number of rotatable bonds is 5. The zero-order valence-electron chi connectivity index (χ0n) is 17.6. The molecule has 5 nitrogen and oxygen atoms in total. The van der Waals surface area contributed by atoms with Crippen LogP contribution in [0.1, 0.15) is 43.7 Å². The van der Waals surface area contributed by atoms with E-state index in [2.05, 4.69) is 24.0 Å². The van der Waals surface area contributed by atoms with Crippen LogP contribution in [0.25, 0.3) is 0 Å². The minimum absolute atomic E-state index is 0.230. The van der Waals surface area contributed by atoms with Crippen molar-refractivity contribution < 1.29 is 14.6 Å². The molecule has 3 fully saturated rings. The number of aromatic hydroxyl groups is 1. The molecule has 30 heavy (non-hydrogen) atoms. The van der Waals surface area contributed by atoms with Gasteiger partial charge in [-0.25, -0.2) is 4.79 Å². The molecule has 1 amide bonds. The van der Waals surface area contributed by atoms with Crippen LogP contribution in [-0.2, 0) is 16.8 Å². The van der Waals surface area contributed by atoms with Gasteiger partial charge in [-0.15, -0.1) is 0 Å². The van der Waals surface area contributed by atoms with Crippen LogP contribution in [0.3, 0.4) is 0 Å². The number of phenolic OH excluding ortho intramolecular Hbond substituents is 1. The van der Waals surface area contributed by atoms with Crippen molar-refractivity contribution in [2.75, 3.05) is 19.6 Å². The lowest BCUT2D eigenvalue weighted by Crippen LogP contribution is -2.58. The lowest BCUT2D eigenvalue weighted by molar-refractivity contribution is -0.0606. The van der Waals surface area contributed by atoms with Gasteiger partial charge in [0.25, 0.3) is 0 Å². The largest absolute Gasteiger partial charge is 0.508 e. The molecule has 3 aliphatic rings. The minimum Gasteiger partial charge on any atom is -0.508 e. The lowest BCUT2D eigenvalue weighted by Gasteiger charge is -2.48. The van der Waals surface area contributed by atoms with Crippen molar-refractivity contribution >= 4 is 6.09 Å². The number of amides is 1. The molecule has 2 aliphatic heterocycles. The Morgan fingerprint density at radius 3 is 2.33 bits per heavy atom. The topological polar surface area (TPSA) is 53.0 Å². The molecule has 2 heterocycles. The van der Waals surface area contributed by atoms with Gasteiger partial charge in [0.15, 0.2) is 0 Å². The fourth-order valence-corrected chi connectivity index (χ4v) is 5.29. The number of ether oxygens (including phenoxy) is 1. The van der Waals surface area contributed by atoms with Crippen molar-refractivity contribution in [3.05, 3.63) is 65.7 Å². The lowest BCUT2D eigenvalue weighted by atomic mass is 9.70. The summed E-state index contributed by atoms with van der Waals surface area (Å²) in [5.41, 5.74) is 1.03. The van der Waals surface area contributed by atoms with E-state index in [1.807, 2.05) is 35.2 Å². The highest BCUT2D eigenvalue weighted by atomic mass is 16.6. The van der Waals surface area contributed by atoms with Crippen molar-refractivity contribution in [2.24, 2.45) is 5.92 Å². The van der Waals surface area contributed by atoms with Gasteiger partial charge in [-0.05, 0) is 48.9 Å². The second kappa shape index (κ2) is 7.31. The van der Waals surface area contributed by atoms with Gasteiger partial charge in [0, 0.05) is 32.5 Å². The fraction of sp³-hybridized carbons (Fsp3) is 0.480. The van der Waals surface area contributed by atoms with Crippen LogP contribution in [0, 0.1) is 5.92 Å². The molecule has 2 saturated heterocycles. The van der Waals surface area contributed by atoms with E-state index in [-0.39, 0.29) is 11.8 Å². The van der Waals surface area contributed by atoms with Crippen molar-refractivity contribution in [3.8, 4) is 5.75 Å². The molecule has 1 spiro atoms. The van der Waals surface area contributed by atoms with Gasteiger partial charge in [-0.3, -0.25) is 4.90 Å². The Bertz CT molecular complexity index is 902. The average molecular weight is 407 g/mol. The first-order valence-electron chi connectivity index (χ1n) is 11.1. The highest BCUT2D eigenvalue weighted by Crippen LogP contribution is 2.52. The Balaban J connectivity index is 1.47. The van der Waals surface area contributed by atoms with E-state index >= 15 is 0 Å². The summed E-state index contributed by atoms with van der Waals surface area (Å²) in [6, 6.07) is 17.4. The van der Waals surface area contributed by atoms with E-state index < -0.39 is 11.1 Å². The van der Waals surface area contributed by atoms with Gasteiger partial charge in [-0.2, -0.15) is 0 Å². The third-order valence-electron chi connectivity index (χ3n) is 7.42. The second-order valence-corrected chi connectivity index (χ2v) is 9.30. The molecule has 0 bridgehead atoms. The van der Waals surface area contributed by atoms with Crippen molar-refractivity contribution in [3.63, 3.8) is 0 Å². The monoisotopic (exact) mass is 406 g/mol. The Kier molecular flexibility index (Phi) is 4.73. The Hall–Kier alpha value is -2.53. The molecule has 5 rings (SSSR count). The molecule has 2 aromatic rings. The average Bonchev–Trinajstić information content (AvgIpc) is 3.55. The van der Waals surface area contributed by atoms with E-state index in [4.69, 9.17) is 4.74 Å². The summed E-state index contributed by atoms with van der Waals surface area (Å²) in [7, 11) is 0. The Labute approximate surface area is 178 Å². The number of likely N-dealkylation sites (tertiary alicyclic amines) is 1. The van der Waals surface area contributed by atoms with Crippen LogP contribution in [0.2, 0.25) is 0 Å². The summed E-state index contributed by atoms with van der Waals surface area (Å²) < 4.78 is 6.25. The quantitative estimate of drug-likeness (QED) is 0.794. The summed E-state index contributed by atoms with van der Waals surface area (Å²) in [5.74, 6) is 1.10. The number of carbonyl (C=O) groups excluding carboxylic acids is 1. The molecule has 0 aromatic heterocycles. The summed E-state index contributed by atoms with van der Waals surface area (Å²) in [5, 5.41) is 9.63. The third-order valence-corrected chi connectivity index (χ3v) is 7.42. The van der Waals surface area contributed by atoms with Gasteiger partial charge < -0.3 is 14.7 Å². The van der Waals surface area contributed by atoms with Crippen LogP contribution in [-0.4, -0.2) is 46.2 Å². The Morgan fingerprint density at radius 1 is 1.03 bits per heavy atom. The number of hydrogen-bond donors (Lipinski definition) is 1. The van der Waals surface area contributed by atoms with Crippen LogP contribution < -0.4 is 0 Å². The zero-order chi connectivity index (χ0) is 20.8. The smallest absolute Gasteiger partial charge is 0.411 e. The van der Waals surface area contributed by atoms with Crippen molar-refractivity contribution in [2.45, 2.75) is 50.3 Å². The maximum absolute atomic E-state index is 13.2. The molecule has 2 aromatic carbocycles. The highest BCUT2D eigenvalue weighted by molar-refractivity contribution is 5.73. The maximum Gasteiger partial charge on any atom is 0.411 e. The number of piperidine rings is 1. The molecular formula is C25H30N2O3. The SMILES string of the molecule is CC1(c2ccccc2)N(Cc2ccc(O)cc2)C(=O)OC12CCN(CC1CC1)CC2. The maximum atomic E-state index is 13.2. The fourth-order valence-electron chi connectivity index (χ4n) is 5.29. The normalized spacial score (nSPS) is 26.2. The molecule has 1 saturated carbocycles. The second-order valence-electron chi connectivity index (χ2n) is 9.30. The van der Waals surface area contributed by atoms with E-state index in [1.54, 1.807) is 12.1 Å². The minimum atomic E-state index is -0.547. The number of hydrogen-bond acceptors (Lipinski definition) is 4. The predicted molar refractivity (Wildman–Crippen MR) is 115 cm³/mol. The van der Waals surface area contributed by atoms with Crippen LogP contribution in [0.4, 0.5) is 4.79 Å². The Morgan fingerprint density at radius 2 is 1.70 bits per heavy atom. The number of carbonyl (C=O) groups is 1. The zero-order valence-corrected chi connectivity index (χ0v) is 17.6. The van der Waals surface area contributed by atoms with Gasteiger partial charge in [0.2, 0.25) is 0 Å². The molecule has 158 valence electrons. The van der Waals surface area contributed by atoms with Crippen molar-refractivity contribution in [1.82, 2.24) is 9.80 Å². The van der Waals surface area contributed by atoms with Crippen LogP contribution in [0.5, 0.6) is 5.75 Å². The molecular weight excluding hydrogens is 376 g/mol. The van der Waals surface area contributed by atoms with Crippen LogP contribution >= 0.6 is 0 Å². The number of nitrogens with zero attached hydrogens (tertiary/aromatic N) is 2.